The molecule has 36 heavy (non-hydrogen) atoms. The van der Waals surface area contributed by atoms with Gasteiger partial charge < -0.3 is 25.5 Å². The SMILES string of the molecule is Cc1cc(Nc2nc(N3CCN(C(=O)C(NC(=O)O)c4ccc(Cl)cc4)CC3)nn3cccc23)n[nH]1. The summed E-state index contributed by atoms with van der Waals surface area (Å²) in [6.07, 6.45) is 0.567. The molecule has 0 spiro atoms. The Balaban J connectivity index is 1.32. The Bertz CT molecular complexity index is 1390. The van der Waals surface area contributed by atoms with Crippen LogP contribution in [0.25, 0.3) is 5.52 Å². The molecule has 12 nitrogen and oxygen atoms in total. The first-order chi connectivity index (χ1) is 17.4. The molecule has 4 aromatic rings. The van der Waals surface area contributed by atoms with Crippen LogP contribution < -0.4 is 15.5 Å². The van der Waals surface area contributed by atoms with Gasteiger partial charge in [-0.2, -0.15) is 10.1 Å². The molecule has 0 aliphatic carbocycles. The standard InChI is InChI=1S/C23H24ClN9O3/c1-14-13-18(29-28-14)25-20-17-3-2-8-33(17)30-22(27-20)32-11-9-31(10-12-32)21(34)19(26-23(35)36)15-4-6-16(24)7-5-15/h2-8,13,19,26H,9-12H2,1H3,(H,35,36)(H2,25,27,28,29,30). The van der Waals surface area contributed by atoms with E-state index < -0.39 is 12.1 Å². The van der Waals surface area contributed by atoms with Crippen molar-refractivity contribution in [3.05, 3.63) is 64.9 Å². The number of nitrogens with zero attached hydrogens (tertiary/aromatic N) is 6. The van der Waals surface area contributed by atoms with E-state index in [2.05, 4.69) is 25.9 Å². The van der Waals surface area contributed by atoms with Crippen molar-refractivity contribution < 1.29 is 14.7 Å². The van der Waals surface area contributed by atoms with Gasteiger partial charge in [0.25, 0.3) is 0 Å². The van der Waals surface area contributed by atoms with Gasteiger partial charge in [0.2, 0.25) is 11.9 Å². The van der Waals surface area contributed by atoms with Crippen LogP contribution in [-0.4, -0.2) is 73.0 Å². The number of fused-ring (bicyclic) bond motifs is 1. The zero-order valence-corrected chi connectivity index (χ0v) is 20.1. The average molecular weight is 510 g/mol. The van der Waals surface area contributed by atoms with Crippen LogP contribution in [0.3, 0.4) is 0 Å². The summed E-state index contributed by atoms with van der Waals surface area (Å²) >= 11 is 5.95. The predicted octanol–water partition coefficient (Wildman–Crippen LogP) is 2.82. The van der Waals surface area contributed by atoms with Gasteiger partial charge in [-0.1, -0.05) is 23.7 Å². The van der Waals surface area contributed by atoms with Crippen LogP contribution in [0.5, 0.6) is 0 Å². The molecule has 186 valence electrons. The number of carbonyl (C=O) groups is 2. The molecule has 1 fully saturated rings. The lowest BCUT2D eigenvalue weighted by Crippen LogP contribution is -2.52. The number of hydrogen-bond acceptors (Lipinski definition) is 7. The number of nitrogens with one attached hydrogen (secondary N) is 3. The van der Waals surface area contributed by atoms with E-state index in [9.17, 15) is 14.7 Å². The number of amides is 2. The molecule has 5 rings (SSSR count). The second kappa shape index (κ2) is 9.74. The first-order valence-electron chi connectivity index (χ1n) is 11.3. The molecule has 4 heterocycles. The maximum absolute atomic E-state index is 13.3. The molecule has 1 atom stereocenters. The number of H-pyrrole nitrogens is 1. The summed E-state index contributed by atoms with van der Waals surface area (Å²) in [7, 11) is 0. The van der Waals surface area contributed by atoms with Gasteiger partial charge in [-0.05, 0) is 36.8 Å². The minimum atomic E-state index is -1.28. The highest BCUT2D eigenvalue weighted by molar-refractivity contribution is 6.30. The third kappa shape index (κ3) is 4.89. The van der Waals surface area contributed by atoms with Gasteiger partial charge in [0.1, 0.15) is 11.6 Å². The van der Waals surface area contributed by atoms with E-state index in [0.717, 1.165) is 11.2 Å². The summed E-state index contributed by atoms with van der Waals surface area (Å²) in [5.41, 5.74) is 2.26. The Labute approximate surface area is 210 Å². The molecule has 4 N–H and O–H groups in total. The summed E-state index contributed by atoms with van der Waals surface area (Å²) in [6.45, 7) is 3.66. The Morgan fingerprint density at radius 2 is 1.89 bits per heavy atom. The summed E-state index contributed by atoms with van der Waals surface area (Å²) in [6, 6.07) is 11.2. The maximum Gasteiger partial charge on any atom is 0.405 e. The topological polar surface area (TPSA) is 144 Å². The second-order valence-corrected chi connectivity index (χ2v) is 8.84. The molecular weight excluding hydrogens is 486 g/mol. The van der Waals surface area contributed by atoms with Crippen molar-refractivity contribution in [2.24, 2.45) is 0 Å². The maximum atomic E-state index is 13.3. The van der Waals surface area contributed by atoms with Crippen LogP contribution in [0.4, 0.5) is 22.4 Å². The Morgan fingerprint density at radius 3 is 2.56 bits per heavy atom. The molecule has 3 aromatic heterocycles. The van der Waals surface area contributed by atoms with E-state index >= 15 is 0 Å². The number of carboxylic acid groups (broad SMARTS) is 1. The fourth-order valence-corrected chi connectivity index (χ4v) is 4.25. The highest BCUT2D eigenvalue weighted by Crippen LogP contribution is 2.24. The van der Waals surface area contributed by atoms with Crippen LogP contribution >= 0.6 is 11.6 Å². The number of benzene rings is 1. The van der Waals surface area contributed by atoms with Crippen molar-refractivity contribution in [2.75, 3.05) is 36.4 Å². The molecule has 1 aliphatic heterocycles. The zero-order valence-electron chi connectivity index (χ0n) is 19.3. The lowest BCUT2D eigenvalue weighted by atomic mass is 10.1. The number of carbonyl (C=O) groups excluding carboxylic acids is 1. The highest BCUT2D eigenvalue weighted by atomic mass is 35.5. The fourth-order valence-electron chi connectivity index (χ4n) is 4.13. The van der Waals surface area contributed by atoms with Gasteiger partial charge in [-0.25, -0.2) is 9.31 Å². The van der Waals surface area contributed by atoms with Crippen LogP contribution in [0.1, 0.15) is 17.3 Å². The number of aromatic nitrogens is 5. The highest BCUT2D eigenvalue weighted by Gasteiger charge is 2.31. The van der Waals surface area contributed by atoms with E-state index in [4.69, 9.17) is 16.6 Å². The minimum Gasteiger partial charge on any atom is -0.465 e. The first kappa shape index (κ1) is 23.4. The molecule has 0 radical (unpaired) electrons. The fraction of sp³-hybridized carbons (Fsp3) is 0.261. The summed E-state index contributed by atoms with van der Waals surface area (Å²) in [5.74, 6) is 1.45. The lowest BCUT2D eigenvalue weighted by molar-refractivity contribution is -0.133. The number of halogens is 1. The van der Waals surface area contributed by atoms with Crippen molar-refractivity contribution in [2.45, 2.75) is 13.0 Å². The largest absolute Gasteiger partial charge is 0.465 e. The number of aromatic amines is 1. The third-order valence-corrected chi connectivity index (χ3v) is 6.18. The van der Waals surface area contributed by atoms with E-state index in [1.807, 2.05) is 36.2 Å². The molecule has 1 aliphatic rings. The number of piperazine rings is 1. The number of rotatable bonds is 6. The van der Waals surface area contributed by atoms with Crippen molar-refractivity contribution in [3.8, 4) is 0 Å². The molecule has 0 bridgehead atoms. The smallest absolute Gasteiger partial charge is 0.405 e. The molecule has 0 saturated carbocycles. The van der Waals surface area contributed by atoms with Crippen molar-refractivity contribution in [1.29, 1.82) is 0 Å². The van der Waals surface area contributed by atoms with Gasteiger partial charge in [-0.3, -0.25) is 9.89 Å². The van der Waals surface area contributed by atoms with Gasteiger partial charge >= 0.3 is 6.09 Å². The van der Waals surface area contributed by atoms with Crippen molar-refractivity contribution in [3.63, 3.8) is 0 Å². The monoisotopic (exact) mass is 509 g/mol. The predicted molar refractivity (Wildman–Crippen MR) is 134 cm³/mol. The summed E-state index contributed by atoms with van der Waals surface area (Å²) in [5, 5.41) is 27.1. The van der Waals surface area contributed by atoms with Crippen molar-refractivity contribution >= 4 is 46.7 Å². The Kier molecular flexibility index (Phi) is 6.34. The van der Waals surface area contributed by atoms with Gasteiger partial charge in [0.15, 0.2) is 11.6 Å². The van der Waals surface area contributed by atoms with Crippen LogP contribution in [0.15, 0.2) is 48.7 Å². The average Bonchev–Trinajstić information content (AvgIpc) is 3.51. The van der Waals surface area contributed by atoms with Crippen molar-refractivity contribution in [1.82, 2.24) is 35.0 Å². The van der Waals surface area contributed by atoms with E-state index in [0.29, 0.717) is 54.3 Å². The molecular formula is C23H24ClN9O3. The van der Waals surface area contributed by atoms with E-state index in [1.54, 1.807) is 33.7 Å². The molecule has 1 aromatic carbocycles. The summed E-state index contributed by atoms with van der Waals surface area (Å²) in [4.78, 5) is 33.0. The van der Waals surface area contributed by atoms with Gasteiger partial charge in [0, 0.05) is 49.2 Å². The van der Waals surface area contributed by atoms with Crippen LogP contribution in [0, 0.1) is 6.92 Å². The minimum absolute atomic E-state index is 0.322. The molecule has 2 amide bonds. The number of anilines is 3. The van der Waals surface area contributed by atoms with E-state index in [1.165, 1.54) is 0 Å². The summed E-state index contributed by atoms with van der Waals surface area (Å²) < 4.78 is 1.75. The number of hydrogen-bond donors (Lipinski definition) is 4. The zero-order chi connectivity index (χ0) is 25.2. The normalized spacial score (nSPS) is 14.6. The quantitative estimate of drug-likeness (QED) is 0.310. The Hall–Kier alpha value is -4.32. The number of aryl methyl sites for hydroxylation is 1. The molecule has 13 heteroatoms. The lowest BCUT2D eigenvalue weighted by Gasteiger charge is -2.36. The second-order valence-electron chi connectivity index (χ2n) is 8.41. The first-order valence-corrected chi connectivity index (χ1v) is 11.7. The molecule has 1 unspecified atom stereocenters. The van der Waals surface area contributed by atoms with Gasteiger partial charge in [0.05, 0.1) is 0 Å². The van der Waals surface area contributed by atoms with E-state index in [-0.39, 0.29) is 5.91 Å². The van der Waals surface area contributed by atoms with Crippen LogP contribution in [0.2, 0.25) is 5.02 Å². The van der Waals surface area contributed by atoms with Crippen LogP contribution in [-0.2, 0) is 4.79 Å². The van der Waals surface area contributed by atoms with Gasteiger partial charge in [-0.15, -0.1) is 5.10 Å². The molecule has 1 saturated heterocycles. The Morgan fingerprint density at radius 1 is 1.14 bits per heavy atom. The third-order valence-electron chi connectivity index (χ3n) is 5.92.